The molecule has 0 saturated heterocycles. The molecule has 0 bridgehead atoms. The summed E-state index contributed by atoms with van der Waals surface area (Å²) in [5, 5.41) is 3.19. The van der Waals surface area contributed by atoms with E-state index in [4.69, 9.17) is 4.42 Å². The third-order valence-electron chi connectivity index (χ3n) is 2.60. The first kappa shape index (κ1) is 15.2. The molecular weight excluding hydrogens is 252 g/mol. The number of furan rings is 1. The van der Waals surface area contributed by atoms with Crippen molar-refractivity contribution < 1.29 is 12.8 Å². The van der Waals surface area contributed by atoms with E-state index in [0.29, 0.717) is 18.2 Å². The zero-order chi connectivity index (χ0) is 13.6. The van der Waals surface area contributed by atoms with Gasteiger partial charge in [-0.2, -0.15) is 0 Å². The summed E-state index contributed by atoms with van der Waals surface area (Å²) >= 11 is 0. The quantitative estimate of drug-likeness (QED) is 0.708. The van der Waals surface area contributed by atoms with Crippen LogP contribution in [-0.2, 0) is 16.6 Å². The van der Waals surface area contributed by atoms with Gasteiger partial charge >= 0.3 is 0 Å². The van der Waals surface area contributed by atoms with E-state index in [9.17, 15) is 8.42 Å². The average Bonchev–Trinajstić information content (AvgIpc) is 2.77. The van der Waals surface area contributed by atoms with E-state index in [0.717, 1.165) is 13.0 Å². The van der Waals surface area contributed by atoms with Crippen LogP contribution in [0.1, 0.15) is 32.4 Å². The van der Waals surface area contributed by atoms with Crippen LogP contribution in [0.5, 0.6) is 0 Å². The number of rotatable bonds is 8. The van der Waals surface area contributed by atoms with E-state index in [2.05, 4.69) is 23.9 Å². The Bertz CT molecular complexity index is 452. The Morgan fingerprint density at radius 2 is 2.06 bits per heavy atom. The highest BCUT2D eigenvalue weighted by molar-refractivity contribution is 7.89. The summed E-state index contributed by atoms with van der Waals surface area (Å²) < 4.78 is 30.4. The molecule has 104 valence electrons. The summed E-state index contributed by atoms with van der Waals surface area (Å²) in [6.45, 7) is 5.85. The Labute approximate surface area is 109 Å². The van der Waals surface area contributed by atoms with Gasteiger partial charge in [0.05, 0.1) is 6.54 Å². The predicted octanol–water partition coefficient (Wildman–Crippen LogP) is 1.71. The van der Waals surface area contributed by atoms with Crippen molar-refractivity contribution in [1.82, 2.24) is 10.0 Å². The van der Waals surface area contributed by atoms with Crippen LogP contribution in [0.2, 0.25) is 0 Å². The lowest BCUT2D eigenvalue weighted by atomic mass is 10.1. The van der Waals surface area contributed by atoms with Crippen LogP contribution in [0.25, 0.3) is 0 Å². The van der Waals surface area contributed by atoms with Gasteiger partial charge in [0.1, 0.15) is 5.76 Å². The fourth-order valence-electron chi connectivity index (χ4n) is 1.55. The molecule has 0 fully saturated rings. The van der Waals surface area contributed by atoms with Gasteiger partial charge in [-0.1, -0.05) is 13.8 Å². The lowest BCUT2D eigenvalue weighted by Gasteiger charge is -2.05. The lowest BCUT2D eigenvalue weighted by molar-refractivity contribution is 0.398. The summed E-state index contributed by atoms with van der Waals surface area (Å²) in [5.74, 6) is 1.34. The smallest absolute Gasteiger partial charge is 0.273 e. The topological polar surface area (TPSA) is 71.3 Å². The van der Waals surface area contributed by atoms with Gasteiger partial charge in [-0.3, -0.25) is 0 Å². The van der Waals surface area contributed by atoms with Crippen molar-refractivity contribution in [3.8, 4) is 0 Å². The number of hydrogen-bond acceptors (Lipinski definition) is 4. The van der Waals surface area contributed by atoms with Crippen molar-refractivity contribution in [3.63, 3.8) is 0 Å². The molecule has 0 aliphatic heterocycles. The molecule has 0 atom stereocenters. The van der Waals surface area contributed by atoms with E-state index in [1.54, 1.807) is 6.07 Å². The molecule has 0 radical (unpaired) electrons. The molecule has 0 aromatic carbocycles. The van der Waals surface area contributed by atoms with Gasteiger partial charge in [-0.15, -0.1) is 0 Å². The van der Waals surface area contributed by atoms with Crippen LogP contribution in [0.3, 0.4) is 0 Å². The molecule has 1 rings (SSSR count). The van der Waals surface area contributed by atoms with Crippen LogP contribution >= 0.6 is 0 Å². The third-order valence-corrected chi connectivity index (χ3v) is 3.89. The fraction of sp³-hybridized carbons (Fsp3) is 0.667. The maximum Gasteiger partial charge on any atom is 0.273 e. The Kier molecular flexibility index (Phi) is 5.84. The molecule has 0 unspecified atom stereocenters. The van der Waals surface area contributed by atoms with Crippen LogP contribution < -0.4 is 10.0 Å². The van der Waals surface area contributed by atoms with Crippen molar-refractivity contribution in [2.75, 3.05) is 13.6 Å². The molecule has 2 N–H and O–H groups in total. The van der Waals surface area contributed by atoms with Gasteiger partial charge in [0, 0.05) is 0 Å². The minimum atomic E-state index is -3.47. The Morgan fingerprint density at radius 1 is 1.33 bits per heavy atom. The summed E-state index contributed by atoms with van der Waals surface area (Å²) in [7, 11) is -2.11. The first-order valence-corrected chi connectivity index (χ1v) is 7.67. The summed E-state index contributed by atoms with van der Waals surface area (Å²) in [6, 6.07) is 3.15. The van der Waals surface area contributed by atoms with Crippen LogP contribution in [-0.4, -0.2) is 22.0 Å². The molecule has 5 nitrogen and oxygen atoms in total. The van der Waals surface area contributed by atoms with Crippen molar-refractivity contribution in [2.24, 2.45) is 5.92 Å². The largest absolute Gasteiger partial charge is 0.447 e. The Hall–Kier alpha value is -0.850. The number of hydrogen-bond donors (Lipinski definition) is 2. The molecule has 0 aliphatic rings. The average molecular weight is 274 g/mol. The van der Waals surface area contributed by atoms with Gasteiger partial charge < -0.3 is 9.73 Å². The summed E-state index contributed by atoms with van der Waals surface area (Å²) in [6.07, 6.45) is 2.30. The SMILES string of the molecule is CNS(=O)(=O)c1ccc(CNCCCC(C)C)o1. The highest BCUT2D eigenvalue weighted by Crippen LogP contribution is 2.13. The van der Waals surface area contributed by atoms with Gasteiger partial charge in [-0.25, -0.2) is 13.1 Å². The molecule has 1 heterocycles. The van der Waals surface area contributed by atoms with Crippen molar-refractivity contribution >= 4 is 10.0 Å². The van der Waals surface area contributed by atoms with Gasteiger partial charge in [0.15, 0.2) is 0 Å². The molecule has 0 saturated carbocycles. The second-order valence-corrected chi connectivity index (χ2v) is 6.46. The van der Waals surface area contributed by atoms with Crippen molar-refractivity contribution in [2.45, 2.75) is 38.3 Å². The second-order valence-electron chi connectivity index (χ2n) is 4.64. The van der Waals surface area contributed by atoms with E-state index in [1.807, 2.05) is 0 Å². The monoisotopic (exact) mass is 274 g/mol. The maximum absolute atomic E-state index is 11.4. The van der Waals surface area contributed by atoms with Crippen molar-refractivity contribution in [3.05, 3.63) is 17.9 Å². The second kappa shape index (κ2) is 6.92. The third kappa shape index (κ3) is 4.80. The van der Waals surface area contributed by atoms with Crippen LogP contribution in [0.15, 0.2) is 21.6 Å². The zero-order valence-electron chi connectivity index (χ0n) is 11.2. The molecular formula is C12H22N2O3S. The first-order chi connectivity index (χ1) is 8.45. The molecule has 18 heavy (non-hydrogen) atoms. The highest BCUT2D eigenvalue weighted by Gasteiger charge is 2.15. The van der Waals surface area contributed by atoms with E-state index >= 15 is 0 Å². The summed E-state index contributed by atoms with van der Waals surface area (Å²) in [5.41, 5.74) is 0. The lowest BCUT2D eigenvalue weighted by Crippen LogP contribution is -2.18. The maximum atomic E-state index is 11.4. The van der Waals surface area contributed by atoms with Crippen LogP contribution in [0.4, 0.5) is 0 Å². The fourth-order valence-corrected chi connectivity index (χ4v) is 2.21. The minimum Gasteiger partial charge on any atom is -0.447 e. The Balaban J connectivity index is 2.36. The Morgan fingerprint density at radius 3 is 2.67 bits per heavy atom. The molecule has 1 aromatic rings. The number of sulfonamides is 1. The molecule has 0 aliphatic carbocycles. The molecule has 0 amide bonds. The number of nitrogens with one attached hydrogen (secondary N) is 2. The predicted molar refractivity (Wildman–Crippen MR) is 70.7 cm³/mol. The highest BCUT2D eigenvalue weighted by atomic mass is 32.2. The molecule has 1 aromatic heterocycles. The normalized spacial score (nSPS) is 12.2. The van der Waals surface area contributed by atoms with Crippen molar-refractivity contribution in [1.29, 1.82) is 0 Å². The standard InChI is InChI=1S/C12H22N2O3S/c1-10(2)5-4-8-14-9-11-6-7-12(17-11)18(15,16)13-3/h6-7,10,13-14H,4-5,8-9H2,1-3H3. The van der Waals surface area contributed by atoms with E-state index < -0.39 is 10.0 Å². The van der Waals surface area contributed by atoms with E-state index in [1.165, 1.54) is 19.5 Å². The van der Waals surface area contributed by atoms with Gasteiger partial charge in [-0.05, 0) is 44.5 Å². The van der Waals surface area contributed by atoms with E-state index in [-0.39, 0.29) is 5.09 Å². The summed E-state index contributed by atoms with van der Waals surface area (Å²) in [4.78, 5) is 0. The zero-order valence-corrected chi connectivity index (χ0v) is 12.0. The van der Waals surface area contributed by atoms with Crippen LogP contribution in [0, 0.1) is 5.92 Å². The van der Waals surface area contributed by atoms with Gasteiger partial charge in [0.25, 0.3) is 10.0 Å². The molecule has 0 spiro atoms. The van der Waals surface area contributed by atoms with Gasteiger partial charge in [0.2, 0.25) is 5.09 Å². The minimum absolute atomic E-state index is 0.0380. The first-order valence-electron chi connectivity index (χ1n) is 6.18. The molecule has 6 heteroatoms.